The van der Waals surface area contributed by atoms with E-state index in [-0.39, 0.29) is 11.4 Å². The van der Waals surface area contributed by atoms with E-state index >= 15 is 0 Å². The van der Waals surface area contributed by atoms with Crippen molar-refractivity contribution in [2.75, 3.05) is 26.3 Å². The average Bonchev–Trinajstić information content (AvgIpc) is 2.81. The fourth-order valence-corrected chi connectivity index (χ4v) is 4.61. The largest absolute Gasteiger partial charge is 0.486 e. The first kappa shape index (κ1) is 21.0. The molecule has 1 fully saturated rings. The fraction of sp³-hybridized carbons (Fsp3) is 0.400. The summed E-state index contributed by atoms with van der Waals surface area (Å²) >= 11 is 0. The lowest BCUT2D eigenvalue weighted by atomic mass is 10.0. The summed E-state index contributed by atoms with van der Waals surface area (Å²) in [7, 11) is 0. The molecule has 2 aromatic carbocycles. The van der Waals surface area contributed by atoms with Crippen LogP contribution in [0.1, 0.15) is 24.0 Å². The zero-order chi connectivity index (χ0) is 22.1. The van der Waals surface area contributed by atoms with Gasteiger partial charge in [-0.2, -0.15) is 0 Å². The van der Waals surface area contributed by atoms with Gasteiger partial charge < -0.3 is 14.8 Å². The van der Waals surface area contributed by atoms with E-state index in [1.807, 2.05) is 19.1 Å². The Labute approximate surface area is 186 Å². The van der Waals surface area contributed by atoms with Gasteiger partial charge in [0.1, 0.15) is 19.0 Å². The van der Waals surface area contributed by atoms with E-state index in [0.29, 0.717) is 31.4 Å². The van der Waals surface area contributed by atoms with Crippen LogP contribution < -0.4 is 20.3 Å². The molecule has 6 nitrogen and oxygen atoms in total. The minimum Gasteiger partial charge on any atom is -0.486 e. The highest BCUT2D eigenvalue weighted by molar-refractivity contribution is 5.82. The summed E-state index contributed by atoms with van der Waals surface area (Å²) in [6.45, 7) is 6.12. The number of likely N-dealkylation sites (tertiary alicyclic amines) is 1. The average molecular weight is 438 g/mol. The fourth-order valence-electron chi connectivity index (χ4n) is 4.61. The Kier molecular flexibility index (Phi) is 5.85. The van der Waals surface area contributed by atoms with Crippen molar-refractivity contribution in [1.82, 2.24) is 14.8 Å². The van der Waals surface area contributed by atoms with Crippen LogP contribution in [0.15, 0.2) is 47.3 Å². The number of hydrogen-bond acceptors (Lipinski definition) is 5. The van der Waals surface area contributed by atoms with Gasteiger partial charge in [0.2, 0.25) is 0 Å². The summed E-state index contributed by atoms with van der Waals surface area (Å²) in [6.07, 6.45) is 1.99. The van der Waals surface area contributed by atoms with E-state index in [1.54, 1.807) is 16.7 Å². The molecule has 0 saturated carbocycles. The van der Waals surface area contributed by atoms with Crippen LogP contribution in [0.25, 0.3) is 10.9 Å². The molecule has 1 aromatic heterocycles. The Balaban J connectivity index is 1.20. The third-order valence-electron chi connectivity index (χ3n) is 6.41. The maximum Gasteiger partial charge on any atom is 0.252 e. The Morgan fingerprint density at radius 2 is 1.81 bits per heavy atom. The van der Waals surface area contributed by atoms with Gasteiger partial charge in [0.05, 0.1) is 12.2 Å². The number of halogens is 1. The molecule has 7 heteroatoms. The van der Waals surface area contributed by atoms with Gasteiger partial charge >= 0.3 is 0 Å². The summed E-state index contributed by atoms with van der Waals surface area (Å²) in [6, 6.07) is 12.8. The molecule has 2 aliphatic rings. The number of aryl methyl sites for hydroxylation is 1. The van der Waals surface area contributed by atoms with Gasteiger partial charge in [-0.3, -0.25) is 14.3 Å². The van der Waals surface area contributed by atoms with E-state index in [1.165, 1.54) is 17.7 Å². The monoisotopic (exact) mass is 437 g/mol. The predicted octanol–water partition coefficient (Wildman–Crippen LogP) is 3.43. The quantitative estimate of drug-likeness (QED) is 0.663. The second-order valence-electron chi connectivity index (χ2n) is 8.65. The van der Waals surface area contributed by atoms with E-state index < -0.39 is 0 Å². The minimum absolute atomic E-state index is 0.0838. The highest BCUT2D eigenvalue weighted by Crippen LogP contribution is 2.30. The zero-order valence-electron chi connectivity index (χ0n) is 18.3. The highest BCUT2D eigenvalue weighted by Gasteiger charge is 2.20. The molecular weight excluding hydrogens is 409 g/mol. The lowest BCUT2D eigenvalue weighted by Crippen LogP contribution is -2.44. The molecule has 2 aliphatic heterocycles. The van der Waals surface area contributed by atoms with Crippen molar-refractivity contribution < 1.29 is 13.9 Å². The Morgan fingerprint density at radius 3 is 2.62 bits per heavy atom. The van der Waals surface area contributed by atoms with Gasteiger partial charge in [-0.15, -0.1) is 0 Å². The first-order valence-electron chi connectivity index (χ1n) is 11.2. The van der Waals surface area contributed by atoms with Crippen molar-refractivity contribution >= 4 is 10.9 Å². The van der Waals surface area contributed by atoms with Crippen LogP contribution in [-0.2, 0) is 13.2 Å². The Bertz CT molecular complexity index is 1190. The highest BCUT2D eigenvalue weighted by atomic mass is 19.1. The molecule has 32 heavy (non-hydrogen) atoms. The number of piperidine rings is 1. The maximum absolute atomic E-state index is 13.9. The van der Waals surface area contributed by atoms with Crippen LogP contribution in [0.4, 0.5) is 4.39 Å². The topological polar surface area (TPSA) is 55.7 Å². The van der Waals surface area contributed by atoms with Crippen molar-refractivity contribution in [2.45, 2.75) is 39.0 Å². The van der Waals surface area contributed by atoms with Crippen molar-refractivity contribution in [3.8, 4) is 11.5 Å². The van der Waals surface area contributed by atoms with Crippen LogP contribution >= 0.6 is 0 Å². The van der Waals surface area contributed by atoms with Gasteiger partial charge in [-0.05, 0) is 61.2 Å². The Morgan fingerprint density at radius 1 is 1.03 bits per heavy atom. The second-order valence-corrected chi connectivity index (χ2v) is 8.65. The summed E-state index contributed by atoms with van der Waals surface area (Å²) < 4.78 is 26.8. The van der Waals surface area contributed by atoms with Crippen molar-refractivity contribution in [3.05, 3.63) is 69.8 Å². The zero-order valence-corrected chi connectivity index (χ0v) is 18.3. The first-order chi connectivity index (χ1) is 15.6. The molecule has 1 saturated heterocycles. The molecule has 3 heterocycles. The first-order valence-corrected chi connectivity index (χ1v) is 11.2. The van der Waals surface area contributed by atoms with Crippen molar-refractivity contribution in [2.24, 2.45) is 0 Å². The number of rotatable bonds is 5. The standard InChI is InChI=1S/C25H28FN3O3/c1-17-12-25(30)29(22-14-19(26)3-4-21(17)22)16-28-8-6-20(7-9-28)27-15-18-2-5-23-24(13-18)32-11-10-31-23/h2-5,12-14,20,27H,6-11,15-16H2,1H3. The van der Waals surface area contributed by atoms with Gasteiger partial charge in [-0.1, -0.05) is 6.07 Å². The Hall–Kier alpha value is -2.90. The number of fused-ring (bicyclic) bond motifs is 2. The molecule has 0 aliphatic carbocycles. The van der Waals surface area contributed by atoms with E-state index in [0.717, 1.165) is 54.9 Å². The number of nitrogens with zero attached hydrogens (tertiary/aromatic N) is 2. The smallest absolute Gasteiger partial charge is 0.252 e. The van der Waals surface area contributed by atoms with E-state index in [2.05, 4.69) is 16.3 Å². The minimum atomic E-state index is -0.321. The molecule has 5 rings (SSSR count). The SMILES string of the molecule is Cc1cc(=O)n(CN2CCC(NCc3ccc4c(c3)OCCO4)CC2)c2cc(F)ccc12. The molecule has 0 spiro atoms. The van der Waals surface area contributed by atoms with Crippen molar-refractivity contribution in [1.29, 1.82) is 0 Å². The van der Waals surface area contributed by atoms with E-state index in [4.69, 9.17) is 9.47 Å². The van der Waals surface area contributed by atoms with Gasteiger partial charge in [0.15, 0.2) is 11.5 Å². The molecule has 0 unspecified atom stereocenters. The lowest BCUT2D eigenvalue weighted by molar-refractivity contribution is 0.159. The number of ether oxygens (including phenoxy) is 2. The summed E-state index contributed by atoms with van der Waals surface area (Å²) in [5, 5.41) is 4.56. The third-order valence-corrected chi connectivity index (χ3v) is 6.41. The number of benzene rings is 2. The number of hydrogen-bond donors (Lipinski definition) is 1. The second kappa shape index (κ2) is 8.92. The molecule has 0 amide bonds. The molecular formula is C25H28FN3O3. The van der Waals surface area contributed by atoms with Crippen LogP contribution in [0, 0.1) is 12.7 Å². The van der Waals surface area contributed by atoms with Crippen LogP contribution in [-0.4, -0.2) is 41.8 Å². The number of pyridine rings is 1. The predicted molar refractivity (Wildman–Crippen MR) is 122 cm³/mol. The van der Waals surface area contributed by atoms with Crippen molar-refractivity contribution in [3.63, 3.8) is 0 Å². The maximum atomic E-state index is 13.9. The molecule has 1 N–H and O–H groups in total. The normalized spacial score (nSPS) is 17.1. The molecule has 0 radical (unpaired) electrons. The third kappa shape index (κ3) is 4.36. The van der Waals surface area contributed by atoms with Crippen LogP contribution in [0.3, 0.4) is 0 Å². The van der Waals surface area contributed by atoms with Gasteiger partial charge in [-0.25, -0.2) is 4.39 Å². The van der Waals surface area contributed by atoms with Crippen LogP contribution in [0.2, 0.25) is 0 Å². The molecule has 0 bridgehead atoms. The molecule has 168 valence electrons. The number of aromatic nitrogens is 1. The van der Waals surface area contributed by atoms with Crippen LogP contribution in [0.5, 0.6) is 11.5 Å². The number of nitrogens with one attached hydrogen (secondary N) is 1. The molecule has 0 atom stereocenters. The van der Waals surface area contributed by atoms with Gasteiger partial charge in [0, 0.05) is 37.1 Å². The molecule has 3 aromatic rings. The summed E-state index contributed by atoms with van der Waals surface area (Å²) in [5.41, 5.74) is 2.63. The van der Waals surface area contributed by atoms with Gasteiger partial charge in [0.25, 0.3) is 5.56 Å². The summed E-state index contributed by atoms with van der Waals surface area (Å²) in [4.78, 5) is 14.9. The summed E-state index contributed by atoms with van der Waals surface area (Å²) in [5.74, 6) is 1.31. The van der Waals surface area contributed by atoms with E-state index in [9.17, 15) is 9.18 Å². The lowest BCUT2D eigenvalue weighted by Gasteiger charge is -2.33.